The zero-order chi connectivity index (χ0) is 22.7. The number of amides is 1. The Kier molecular flexibility index (Phi) is 12.7. The number of carbonyl (C=O) groups excluding carboxylic acids is 1. The van der Waals surface area contributed by atoms with Crippen molar-refractivity contribution in [2.24, 2.45) is 10.9 Å². The molecule has 32 heavy (non-hydrogen) atoms. The number of aliphatic imine (C=N–C) groups is 1. The quantitative estimate of drug-likeness (QED) is 0.169. The van der Waals surface area contributed by atoms with Gasteiger partial charge in [-0.2, -0.15) is 0 Å². The third kappa shape index (κ3) is 10.7. The second kappa shape index (κ2) is 14.4. The first-order valence-corrected chi connectivity index (χ1v) is 11.2. The van der Waals surface area contributed by atoms with Crippen LogP contribution in [0.1, 0.15) is 46.1 Å². The van der Waals surface area contributed by atoms with Gasteiger partial charge in [0.05, 0.1) is 6.54 Å². The second-order valence-electron chi connectivity index (χ2n) is 8.83. The number of ether oxygens (including phenoxy) is 1. The van der Waals surface area contributed by atoms with Gasteiger partial charge in [-0.25, -0.2) is 9.79 Å². The molecule has 0 aromatic heterocycles. The van der Waals surface area contributed by atoms with Gasteiger partial charge in [0.25, 0.3) is 0 Å². The third-order valence-corrected chi connectivity index (χ3v) is 5.02. The molecule has 0 radical (unpaired) electrons. The topological polar surface area (TPSA) is 98.2 Å². The van der Waals surface area contributed by atoms with Crippen molar-refractivity contribution in [3.05, 3.63) is 29.8 Å². The van der Waals surface area contributed by atoms with Crippen molar-refractivity contribution < 1.29 is 14.6 Å². The number of nitrogens with zero attached hydrogens (tertiary/aromatic N) is 2. The summed E-state index contributed by atoms with van der Waals surface area (Å²) in [6.07, 6.45) is 1.67. The summed E-state index contributed by atoms with van der Waals surface area (Å²) in [5.74, 6) is 1.16. The van der Waals surface area contributed by atoms with Crippen LogP contribution in [0.3, 0.4) is 0 Å². The van der Waals surface area contributed by atoms with E-state index in [2.05, 4.69) is 50.1 Å². The summed E-state index contributed by atoms with van der Waals surface area (Å²) >= 11 is 0. The van der Waals surface area contributed by atoms with Crippen LogP contribution in [-0.4, -0.2) is 62.1 Å². The highest BCUT2D eigenvalue weighted by atomic mass is 127. The molecule has 1 aliphatic rings. The lowest BCUT2D eigenvalue weighted by Gasteiger charge is -2.32. The summed E-state index contributed by atoms with van der Waals surface area (Å²) < 4.78 is 5.22. The predicted molar refractivity (Wildman–Crippen MR) is 141 cm³/mol. The van der Waals surface area contributed by atoms with Crippen molar-refractivity contribution in [1.82, 2.24) is 16.0 Å². The molecule has 1 aliphatic heterocycles. The fourth-order valence-corrected chi connectivity index (χ4v) is 3.36. The third-order valence-electron chi connectivity index (χ3n) is 5.02. The van der Waals surface area contributed by atoms with Gasteiger partial charge in [-0.3, -0.25) is 0 Å². The van der Waals surface area contributed by atoms with Crippen molar-refractivity contribution in [3.8, 4) is 0 Å². The molecule has 1 heterocycles. The number of benzene rings is 1. The lowest BCUT2D eigenvalue weighted by molar-refractivity contribution is 0.0529. The van der Waals surface area contributed by atoms with E-state index in [1.54, 1.807) is 0 Å². The summed E-state index contributed by atoms with van der Waals surface area (Å²) in [6.45, 7) is 12.1. The number of guanidine groups is 1. The van der Waals surface area contributed by atoms with E-state index in [0.717, 1.165) is 38.0 Å². The number of hydrogen-bond donors (Lipinski definition) is 4. The highest BCUT2D eigenvalue weighted by molar-refractivity contribution is 14.0. The Morgan fingerprint density at radius 3 is 2.31 bits per heavy atom. The molecule has 0 atom stereocenters. The van der Waals surface area contributed by atoms with E-state index >= 15 is 0 Å². The average molecular weight is 562 g/mol. The van der Waals surface area contributed by atoms with Gasteiger partial charge < -0.3 is 30.7 Å². The van der Waals surface area contributed by atoms with E-state index in [-0.39, 0.29) is 24.0 Å². The number of aliphatic hydroxyl groups is 1. The van der Waals surface area contributed by atoms with Crippen LogP contribution in [0.4, 0.5) is 10.5 Å². The van der Waals surface area contributed by atoms with Gasteiger partial charge in [0.15, 0.2) is 5.96 Å². The Morgan fingerprint density at radius 1 is 1.12 bits per heavy atom. The predicted octanol–water partition coefficient (Wildman–Crippen LogP) is 3.09. The zero-order valence-electron chi connectivity index (χ0n) is 19.8. The largest absolute Gasteiger partial charge is 0.444 e. The van der Waals surface area contributed by atoms with E-state index in [1.165, 1.54) is 5.69 Å². The first-order valence-electron chi connectivity index (χ1n) is 11.2. The standard InChI is InChI=1S/C23H39N5O3.HI/c1-5-24-21(25-12-13-26-22(30)31-23(2,3)4)27-16-18-6-8-20(9-7-18)28-14-10-19(17-29)11-15-28;/h6-9,19,29H,5,10-17H2,1-4H3,(H,26,30)(H2,24,25,27);1H. The first kappa shape index (κ1) is 28.3. The normalized spacial score (nSPS) is 15.0. The molecule has 1 aromatic rings. The molecular weight excluding hydrogens is 521 g/mol. The number of rotatable bonds is 8. The molecule has 0 bridgehead atoms. The molecule has 0 unspecified atom stereocenters. The molecule has 1 fully saturated rings. The summed E-state index contributed by atoms with van der Waals surface area (Å²) in [5.41, 5.74) is 1.86. The Labute approximate surface area is 209 Å². The van der Waals surface area contributed by atoms with Crippen LogP contribution in [0.15, 0.2) is 29.3 Å². The van der Waals surface area contributed by atoms with Crippen molar-refractivity contribution in [2.75, 3.05) is 44.2 Å². The summed E-state index contributed by atoms with van der Waals surface area (Å²) in [6, 6.07) is 8.53. The highest BCUT2D eigenvalue weighted by Crippen LogP contribution is 2.23. The van der Waals surface area contributed by atoms with E-state index in [4.69, 9.17) is 4.74 Å². The first-order chi connectivity index (χ1) is 14.8. The maximum absolute atomic E-state index is 11.7. The fraction of sp³-hybridized carbons (Fsp3) is 0.652. The maximum atomic E-state index is 11.7. The number of nitrogens with one attached hydrogen (secondary N) is 3. The minimum atomic E-state index is -0.501. The van der Waals surface area contributed by atoms with Gasteiger partial charge in [0, 0.05) is 45.0 Å². The number of piperidine rings is 1. The van der Waals surface area contributed by atoms with Crippen molar-refractivity contribution >= 4 is 41.7 Å². The van der Waals surface area contributed by atoms with E-state index < -0.39 is 11.7 Å². The summed E-state index contributed by atoms with van der Waals surface area (Å²) in [5, 5.41) is 18.5. The monoisotopic (exact) mass is 561 g/mol. The minimum Gasteiger partial charge on any atom is -0.444 e. The Bertz CT molecular complexity index is 699. The van der Waals surface area contributed by atoms with Crippen LogP contribution >= 0.6 is 24.0 Å². The van der Waals surface area contributed by atoms with Gasteiger partial charge in [0.1, 0.15) is 5.60 Å². The molecule has 0 spiro atoms. The van der Waals surface area contributed by atoms with Crippen LogP contribution < -0.4 is 20.9 Å². The Hall–Kier alpha value is -1.75. The number of halogens is 1. The zero-order valence-corrected chi connectivity index (χ0v) is 22.1. The SMILES string of the molecule is CCNC(=NCc1ccc(N2CCC(CO)CC2)cc1)NCCNC(=O)OC(C)(C)C.I. The Balaban J connectivity index is 0.00000512. The summed E-state index contributed by atoms with van der Waals surface area (Å²) in [7, 11) is 0. The molecule has 9 heteroatoms. The van der Waals surface area contributed by atoms with E-state index in [0.29, 0.717) is 38.1 Å². The van der Waals surface area contributed by atoms with Crippen LogP contribution in [0.25, 0.3) is 0 Å². The van der Waals surface area contributed by atoms with E-state index in [9.17, 15) is 9.90 Å². The molecule has 1 amide bonds. The molecule has 1 saturated heterocycles. The maximum Gasteiger partial charge on any atom is 0.407 e. The number of anilines is 1. The van der Waals surface area contributed by atoms with Crippen LogP contribution in [-0.2, 0) is 11.3 Å². The highest BCUT2D eigenvalue weighted by Gasteiger charge is 2.18. The Morgan fingerprint density at radius 2 is 1.75 bits per heavy atom. The fourth-order valence-electron chi connectivity index (χ4n) is 3.36. The number of alkyl carbamates (subject to hydrolysis) is 1. The minimum absolute atomic E-state index is 0. The molecule has 0 saturated carbocycles. The number of carbonyl (C=O) groups is 1. The molecule has 1 aromatic carbocycles. The lowest BCUT2D eigenvalue weighted by atomic mass is 9.97. The average Bonchev–Trinajstić information content (AvgIpc) is 2.74. The van der Waals surface area contributed by atoms with Gasteiger partial charge in [-0.05, 0) is 64.2 Å². The van der Waals surface area contributed by atoms with Crippen molar-refractivity contribution in [1.29, 1.82) is 0 Å². The summed E-state index contributed by atoms with van der Waals surface area (Å²) in [4.78, 5) is 18.7. The molecule has 182 valence electrons. The molecule has 0 aliphatic carbocycles. The van der Waals surface area contributed by atoms with Gasteiger partial charge in [-0.15, -0.1) is 24.0 Å². The molecule has 8 nitrogen and oxygen atoms in total. The lowest BCUT2D eigenvalue weighted by Crippen LogP contribution is -2.42. The van der Waals surface area contributed by atoms with Crippen molar-refractivity contribution in [2.45, 2.75) is 52.7 Å². The smallest absolute Gasteiger partial charge is 0.407 e. The molecule has 2 rings (SSSR count). The van der Waals surface area contributed by atoms with Crippen LogP contribution in [0, 0.1) is 5.92 Å². The van der Waals surface area contributed by atoms with E-state index in [1.807, 2.05) is 27.7 Å². The van der Waals surface area contributed by atoms with Gasteiger partial charge >= 0.3 is 6.09 Å². The van der Waals surface area contributed by atoms with Crippen LogP contribution in [0.5, 0.6) is 0 Å². The number of aliphatic hydroxyl groups excluding tert-OH is 1. The molecule has 4 N–H and O–H groups in total. The van der Waals surface area contributed by atoms with Crippen molar-refractivity contribution in [3.63, 3.8) is 0 Å². The van der Waals surface area contributed by atoms with Crippen LogP contribution in [0.2, 0.25) is 0 Å². The van der Waals surface area contributed by atoms with Gasteiger partial charge in [-0.1, -0.05) is 12.1 Å². The second-order valence-corrected chi connectivity index (χ2v) is 8.83. The number of hydrogen-bond acceptors (Lipinski definition) is 5. The molecular formula is C23H40IN5O3. The van der Waals surface area contributed by atoms with Gasteiger partial charge in [0.2, 0.25) is 0 Å².